The predicted octanol–water partition coefficient (Wildman–Crippen LogP) is 1.57. The fourth-order valence-electron chi connectivity index (χ4n) is 2.08. The number of H-pyrrole nitrogens is 1. The molecule has 0 spiro atoms. The lowest BCUT2D eigenvalue weighted by Crippen LogP contribution is -2.15. The highest BCUT2D eigenvalue weighted by atomic mass is 16.6. The molecule has 0 saturated carbocycles. The van der Waals surface area contributed by atoms with Crippen molar-refractivity contribution < 1.29 is 9.47 Å². The Morgan fingerprint density at radius 2 is 2.11 bits per heavy atom. The van der Waals surface area contributed by atoms with E-state index in [-0.39, 0.29) is 0 Å². The molecule has 0 atom stereocenters. The molecule has 5 nitrogen and oxygen atoms in total. The first kappa shape index (κ1) is 11.1. The normalized spacial score (nSPS) is 13.6. The second-order valence-electron chi connectivity index (χ2n) is 4.16. The highest BCUT2D eigenvalue weighted by Gasteiger charge is 2.14. The minimum Gasteiger partial charge on any atom is -0.486 e. The molecule has 0 saturated heterocycles. The molecule has 1 aliphatic rings. The maximum atomic E-state index is 5.59. The van der Waals surface area contributed by atoms with Crippen molar-refractivity contribution in [3.05, 3.63) is 30.0 Å². The fraction of sp³-hybridized carbons (Fsp3) is 0.308. The van der Waals surface area contributed by atoms with Gasteiger partial charge in [0.25, 0.3) is 0 Å². The number of fused-ring (bicyclic) bond motifs is 1. The van der Waals surface area contributed by atoms with Crippen LogP contribution in [0.2, 0.25) is 0 Å². The highest BCUT2D eigenvalue weighted by molar-refractivity contribution is 5.66. The van der Waals surface area contributed by atoms with Gasteiger partial charge in [-0.1, -0.05) is 0 Å². The number of nitrogens with one attached hydrogen (secondary N) is 2. The Morgan fingerprint density at radius 3 is 2.94 bits per heavy atom. The maximum Gasteiger partial charge on any atom is 0.162 e. The Hall–Kier alpha value is -2.01. The van der Waals surface area contributed by atoms with Crippen molar-refractivity contribution in [1.29, 1.82) is 0 Å². The summed E-state index contributed by atoms with van der Waals surface area (Å²) in [6, 6.07) is 5.94. The molecular weight excluding hydrogens is 230 g/mol. The molecule has 1 aliphatic heterocycles. The summed E-state index contributed by atoms with van der Waals surface area (Å²) in [5.74, 6) is 1.60. The molecule has 0 unspecified atom stereocenters. The Kier molecular flexibility index (Phi) is 2.90. The molecule has 94 valence electrons. The van der Waals surface area contributed by atoms with E-state index in [9.17, 15) is 0 Å². The second kappa shape index (κ2) is 4.70. The van der Waals surface area contributed by atoms with E-state index in [0.29, 0.717) is 13.2 Å². The van der Waals surface area contributed by atoms with Crippen molar-refractivity contribution in [2.75, 3.05) is 20.3 Å². The van der Waals surface area contributed by atoms with Gasteiger partial charge in [-0.05, 0) is 25.2 Å². The van der Waals surface area contributed by atoms with Gasteiger partial charge >= 0.3 is 0 Å². The van der Waals surface area contributed by atoms with Gasteiger partial charge in [-0.25, -0.2) is 0 Å². The van der Waals surface area contributed by atoms with Crippen LogP contribution >= 0.6 is 0 Å². The van der Waals surface area contributed by atoms with E-state index < -0.39 is 0 Å². The van der Waals surface area contributed by atoms with Crippen LogP contribution in [0.5, 0.6) is 11.5 Å². The smallest absolute Gasteiger partial charge is 0.162 e. The maximum absolute atomic E-state index is 5.59. The van der Waals surface area contributed by atoms with Crippen molar-refractivity contribution in [3.8, 4) is 22.8 Å². The molecule has 1 aromatic carbocycles. The van der Waals surface area contributed by atoms with Crippen LogP contribution in [0.15, 0.2) is 24.4 Å². The zero-order valence-electron chi connectivity index (χ0n) is 10.2. The molecule has 0 radical (unpaired) electrons. The number of hydrogen-bond donors (Lipinski definition) is 2. The number of aromatic nitrogens is 2. The second-order valence-corrected chi connectivity index (χ2v) is 4.16. The van der Waals surface area contributed by atoms with Crippen molar-refractivity contribution in [2.45, 2.75) is 6.54 Å². The first-order valence-electron chi connectivity index (χ1n) is 5.95. The minimum atomic E-state index is 0.600. The Morgan fingerprint density at radius 1 is 1.28 bits per heavy atom. The lowest BCUT2D eigenvalue weighted by molar-refractivity contribution is 0.171. The molecule has 2 heterocycles. The van der Waals surface area contributed by atoms with Gasteiger partial charge in [0, 0.05) is 17.7 Å². The van der Waals surface area contributed by atoms with E-state index in [1.165, 1.54) is 0 Å². The summed E-state index contributed by atoms with van der Waals surface area (Å²) in [5.41, 5.74) is 3.21. The lowest BCUT2D eigenvalue weighted by Gasteiger charge is -2.18. The third-order valence-corrected chi connectivity index (χ3v) is 2.92. The SMILES string of the molecule is CNCc1cn[nH]c1-c1ccc2c(c1)OCCO2. The van der Waals surface area contributed by atoms with Crippen molar-refractivity contribution >= 4 is 0 Å². The Balaban J connectivity index is 1.98. The highest BCUT2D eigenvalue weighted by Crippen LogP contribution is 2.34. The molecule has 0 fully saturated rings. The zero-order chi connectivity index (χ0) is 12.4. The molecular formula is C13H15N3O2. The van der Waals surface area contributed by atoms with Gasteiger partial charge in [0.05, 0.1) is 11.9 Å². The molecule has 3 rings (SSSR count). The standard InChI is InChI=1S/C13H15N3O2/c1-14-7-10-8-15-16-13(10)9-2-3-11-12(6-9)18-5-4-17-11/h2-3,6,8,14H,4-5,7H2,1H3,(H,15,16). The number of benzene rings is 1. The topological polar surface area (TPSA) is 59.2 Å². The summed E-state index contributed by atoms with van der Waals surface area (Å²) in [4.78, 5) is 0. The van der Waals surface area contributed by atoms with Gasteiger partial charge in [0.2, 0.25) is 0 Å². The van der Waals surface area contributed by atoms with Crippen LogP contribution in [-0.4, -0.2) is 30.5 Å². The fourth-order valence-corrected chi connectivity index (χ4v) is 2.08. The van der Waals surface area contributed by atoms with Crippen molar-refractivity contribution in [2.24, 2.45) is 0 Å². The molecule has 18 heavy (non-hydrogen) atoms. The van der Waals surface area contributed by atoms with Crippen LogP contribution in [0, 0.1) is 0 Å². The largest absolute Gasteiger partial charge is 0.486 e. The van der Waals surface area contributed by atoms with E-state index in [0.717, 1.165) is 34.9 Å². The summed E-state index contributed by atoms with van der Waals surface area (Å²) >= 11 is 0. The van der Waals surface area contributed by atoms with E-state index in [4.69, 9.17) is 9.47 Å². The third kappa shape index (κ3) is 1.93. The summed E-state index contributed by atoms with van der Waals surface area (Å²) in [5, 5.41) is 10.2. The summed E-state index contributed by atoms with van der Waals surface area (Å²) in [6.07, 6.45) is 1.84. The van der Waals surface area contributed by atoms with E-state index >= 15 is 0 Å². The molecule has 0 aliphatic carbocycles. The molecule has 1 aromatic heterocycles. The summed E-state index contributed by atoms with van der Waals surface area (Å²) in [7, 11) is 1.92. The van der Waals surface area contributed by atoms with Gasteiger partial charge < -0.3 is 14.8 Å². The van der Waals surface area contributed by atoms with Crippen LogP contribution in [0.4, 0.5) is 0 Å². The first-order chi connectivity index (χ1) is 8.88. The Labute approximate surface area is 105 Å². The lowest BCUT2D eigenvalue weighted by atomic mass is 10.1. The summed E-state index contributed by atoms with van der Waals surface area (Å²) in [6.45, 7) is 1.99. The molecule has 5 heteroatoms. The molecule has 0 amide bonds. The van der Waals surface area contributed by atoms with E-state index in [1.54, 1.807) is 0 Å². The van der Waals surface area contributed by atoms with Gasteiger partial charge in [-0.2, -0.15) is 5.10 Å². The molecule has 2 N–H and O–H groups in total. The molecule has 0 bridgehead atoms. The number of aromatic amines is 1. The first-order valence-corrected chi connectivity index (χ1v) is 5.95. The Bertz CT molecular complexity index is 551. The zero-order valence-corrected chi connectivity index (χ0v) is 10.2. The minimum absolute atomic E-state index is 0.600. The number of nitrogens with zero attached hydrogens (tertiary/aromatic N) is 1. The van der Waals surface area contributed by atoms with Crippen LogP contribution < -0.4 is 14.8 Å². The van der Waals surface area contributed by atoms with E-state index in [2.05, 4.69) is 15.5 Å². The predicted molar refractivity (Wildman–Crippen MR) is 67.8 cm³/mol. The number of hydrogen-bond acceptors (Lipinski definition) is 4. The van der Waals surface area contributed by atoms with Gasteiger partial charge in [0.15, 0.2) is 11.5 Å². The quantitative estimate of drug-likeness (QED) is 0.861. The average Bonchev–Trinajstić information content (AvgIpc) is 2.87. The van der Waals surface area contributed by atoms with Gasteiger partial charge in [-0.3, -0.25) is 5.10 Å². The number of ether oxygens (including phenoxy) is 2. The van der Waals surface area contributed by atoms with E-state index in [1.807, 2.05) is 31.4 Å². The van der Waals surface area contributed by atoms with Crippen molar-refractivity contribution in [3.63, 3.8) is 0 Å². The van der Waals surface area contributed by atoms with Crippen LogP contribution in [-0.2, 0) is 6.54 Å². The van der Waals surface area contributed by atoms with Crippen LogP contribution in [0.25, 0.3) is 11.3 Å². The number of rotatable bonds is 3. The average molecular weight is 245 g/mol. The summed E-state index contributed by atoms with van der Waals surface area (Å²) < 4.78 is 11.1. The van der Waals surface area contributed by atoms with Crippen LogP contribution in [0.1, 0.15) is 5.56 Å². The van der Waals surface area contributed by atoms with Gasteiger partial charge in [-0.15, -0.1) is 0 Å². The van der Waals surface area contributed by atoms with Crippen molar-refractivity contribution in [1.82, 2.24) is 15.5 Å². The third-order valence-electron chi connectivity index (χ3n) is 2.92. The van der Waals surface area contributed by atoms with Gasteiger partial charge in [0.1, 0.15) is 13.2 Å². The molecule has 2 aromatic rings. The van der Waals surface area contributed by atoms with Crippen LogP contribution in [0.3, 0.4) is 0 Å². The monoisotopic (exact) mass is 245 g/mol.